The average Bonchev–Trinajstić information content (AvgIpc) is 2.08. The first-order chi connectivity index (χ1) is 6.59. The van der Waals surface area contributed by atoms with Gasteiger partial charge in [0.05, 0.1) is 11.4 Å². The van der Waals surface area contributed by atoms with Gasteiger partial charge >= 0.3 is 0 Å². The number of nitrogens with two attached hydrogens (primary N) is 1. The Morgan fingerprint density at radius 2 is 2.21 bits per heavy atom. The molecule has 0 aromatic heterocycles. The van der Waals surface area contributed by atoms with Gasteiger partial charge in [0.1, 0.15) is 0 Å². The Kier molecular flexibility index (Phi) is 3.29. The summed E-state index contributed by atoms with van der Waals surface area (Å²) in [6.07, 6.45) is 3.04. The van der Waals surface area contributed by atoms with Crippen molar-refractivity contribution < 1.29 is 4.79 Å². The van der Waals surface area contributed by atoms with Crippen molar-refractivity contribution in [1.82, 2.24) is 0 Å². The zero-order valence-corrected chi connectivity index (χ0v) is 8.37. The normalized spacial score (nSPS) is 10.4. The topological polar surface area (TPSA) is 55.1 Å². The van der Waals surface area contributed by atoms with Gasteiger partial charge in [0.15, 0.2) is 5.78 Å². The van der Waals surface area contributed by atoms with Gasteiger partial charge in [-0.1, -0.05) is 6.07 Å². The number of aryl methyl sites for hydroxylation is 1. The first-order valence-electron chi connectivity index (χ1n) is 4.39. The summed E-state index contributed by atoms with van der Waals surface area (Å²) in [5.74, 6) is 0.00295. The molecule has 0 aliphatic heterocycles. The van der Waals surface area contributed by atoms with Crippen molar-refractivity contribution >= 4 is 17.2 Å². The summed E-state index contributed by atoms with van der Waals surface area (Å²) < 4.78 is 0. The summed E-state index contributed by atoms with van der Waals surface area (Å²) in [4.78, 5) is 10.6. The fraction of sp³-hybridized carbons (Fsp3) is 0.182. The minimum absolute atomic E-state index is 0.00295. The first kappa shape index (κ1) is 10.3. The second-order valence-electron chi connectivity index (χ2n) is 3.18. The molecule has 0 heterocycles. The number of nitrogen functional groups attached to an aromatic ring is 1. The van der Waals surface area contributed by atoms with Gasteiger partial charge in [-0.3, -0.25) is 4.79 Å². The Labute approximate surface area is 83.6 Å². The minimum atomic E-state index is 0.00295. The zero-order chi connectivity index (χ0) is 10.6. The van der Waals surface area contributed by atoms with E-state index in [-0.39, 0.29) is 5.78 Å². The quantitative estimate of drug-likeness (QED) is 0.567. The molecule has 0 spiro atoms. The molecule has 0 unspecified atom stereocenters. The van der Waals surface area contributed by atoms with Crippen LogP contribution in [0.15, 0.2) is 30.5 Å². The molecule has 0 amide bonds. The van der Waals surface area contributed by atoms with E-state index in [0.717, 1.165) is 11.3 Å². The molecule has 3 nitrogen and oxygen atoms in total. The van der Waals surface area contributed by atoms with Gasteiger partial charge in [0.25, 0.3) is 0 Å². The van der Waals surface area contributed by atoms with Crippen LogP contribution in [0.25, 0.3) is 0 Å². The molecular formula is C11H14N2O. The van der Waals surface area contributed by atoms with Crippen molar-refractivity contribution in [3.63, 3.8) is 0 Å². The molecule has 0 bridgehead atoms. The van der Waals surface area contributed by atoms with E-state index in [2.05, 4.69) is 5.32 Å². The summed E-state index contributed by atoms with van der Waals surface area (Å²) >= 11 is 0. The molecule has 0 saturated carbocycles. The maximum atomic E-state index is 10.6. The molecule has 0 radical (unpaired) electrons. The number of ketones is 1. The van der Waals surface area contributed by atoms with Crippen LogP contribution in [0.1, 0.15) is 12.5 Å². The highest BCUT2D eigenvalue weighted by Gasteiger charge is 1.95. The SMILES string of the molecule is CC(=O)/C=C/Nc1ccc(C)cc1N. The average molecular weight is 190 g/mol. The van der Waals surface area contributed by atoms with Crippen molar-refractivity contribution in [1.29, 1.82) is 0 Å². The van der Waals surface area contributed by atoms with E-state index >= 15 is 0 Å². The van der Waals surface area contributed by atoms with E-state index in [0.29, 0.717) is 5.69 Å². The first-order valence-corrected chi connectivity index (χ1v) is 4.39. The molecule has 1 rings (SSSR count). The maximum absolute atomic E-state index is 10.6. The van der Waals surface area contributed by atoms with Crippen molar-refractivity contribution in [3.8, 4) is 0 Å². The van der Waals surface area contributed by atoms with Crippen LogP contribution in [-0.2, 0) is 4.79 Å². The van der Waals surface area contributed by atoms with E-state index in [1.165, 1.54) is 13.0 Å². The number of carbonyl (C=O) groups is 1. The Morgan fingerprint density at radius 1 is 1.50 bits per heavy atom. The van der Waals surface area contributed by atoms with Crippen LogP contribution < -0.4 is 11.1 Å². The van der Waals surface area contributed by atoms with E-state index < -0.39 is 0 Å². The third kappa shape index (κ3) is 2.94. The van der Waals surface area contributed by atoms with Crippen molar-refractivity contribution in [3.05, 3.63) is 36.0 Å². The highest BCUT2D eigenvalue weighted by atomic mass is 16.1. The number of anilines is 2. The maximum Gasteiger partial charge on any atom is 0.154 e. The molecule has 1 aromatic carbocycles. The fourth-order valence-corrected chi connectivity index (χ4v) is 1.06. The lowest BCUT2D eigenvalue weighted by molar-refractivity contribution is -0.112. The summed E-state index contributed by atoms with van der Waals surface area (Å²) in [7, 11) is 0. The van der Waals surface area contributed by atoms with E-state index in [4.69, 9.17) is 5.73 Å². The zero-order valence-electron chi connectivity index (χ0n) is 8.37. The Bertz CT molecular complexity index is 370. The van der Waals surface area contributed by atoms with E-state index in [9.17, 15) is 4.79 Å². The predicted octanol–water partition coefficient (Wildman–Crippen LogP) is 2.09. The van der Waals surface area contributed by atoms with Crippen molar-refractivity contribution in [2.45, 2.75) is 13.8 Å². The Balaban J connectivity index is 2.73. The molecule has 14 heavy (non-hydrogen) atoms. The molecule has 0 atom stereocenters. The monoisotopic (exact) mass is 190 g/mol. The highest BCUT2D eigenvalue weighted by molar-refractivity contribution is 5.87. The van der Waals surface area contributed by atoms with E-state index in [1.54, 1.807) is 6.20 Å². The summed E-state index contributed by atoms with van der Waals surface area (Å²) in [5.41, 5.74) is 8.36. The molecule has 0 fully saturated rings. The number of nitrogens with one attached hydrogen (secondary N) is 1. The standard InChI is InChI=1S/C11H14N2O/c1-8-3-4-11(10(12)7-8)13-6-5-9(2)14/h3-7,13H,12H2,1-2H3/b6-5+. The van der Waals surface area contributed by atoms with Gasteiger partial charge in [-0.2, -0.15) is 0 Å². The number of rotatable bonds is 3. The summed E-state index contributed by atoms with van der Waals surface area (Å²) in [6, 6.07) is 5.72. The van der Waals surface area contributed by atoms with Crippen LogP contribution in [0.2, 0.25) is 0 Å². The van der Waals surface area contributed by atoms with Crippen molar-refractivity contribution in [2.75, 3.05) is 11.1 Å². The molecular weight excluding hydrogens is 176 g/mol. The molecule has 0 aliphatic carbocycles. The number of carbonyl (C=O) groups excluding carboxylic acids is 1. The highest BCUT2D eigenvalue weighted by Crippen LogP contribution is 2.18. The second-order valence-corrected chi connectivity index (χ2v) is 3.18. The van der Waals surface area contributed by atoms with Crippen LogP contribution in [0.3, 0.4) is 0 Å². The van der Waals surface area contributed by atoms with E-state index in [1.807, 2.05) is 25.1 Å². The lowest BCUT2D eigenvalue weighted by Gasteiger charge is -2.05. The molecule has 3 heteroatoms. The largest absolute Gasteiger partial charge is 0.397 e. The number of allylic oxidation sites excluding steroid dienone is 1. The second kappa shape index (κ2) is 4.46. The van der Waals surface area contributed by atoms with Gasteiger partial charge in [0, 0.05) is 6.20 Å². The smallest absolute Gasteiger partial charge is 0.154 e. The molecule has 3 N–H and O–H groups in total. The summed E-state index contributed by atoms with van der Waals surface area (Å²) in [5, 5.41) is 2.95. The van der Waals surface area contributed by atoms with Gasteiger partial charge in [0.2, 0.25) is 0 Å². The third-order valence-corrected chi connectivity index (χ3v) is 1.76. The number of hydrogen-bond acceptors (Lipinski definition) is 3. The number of benzene rings is 1. The molecule has 74 valence electrons. The number of hydrogen-bond donors (Lipinski definition) is 2. The lowest BCUT2D eigenvalue weighted by Crippen LogP contribution is -1.96. The summed E-state index contributed by atoms with van der Waals surface area (Å²) in [6.45, 7) is 3.47. The van der Waals surface area contributed by atoms with Crippen molar-refractivity contribution in [2.24, 2.45) is 0 Å². The Hall–Kier alpha value is -1.77. The van der Waals surface area contributed by atoms with Gasteiger partial charge in [-0.25, -0.2) is 0 Å². The predicted molar refractivity (Wildman–Crippen MR) is 59.0 cm³/mol. The third-order valence-electron chi connectivity index (χ3n) is 1.76. The van der Waals surface area contributed by atoms with Gasteiger partial charge < -0.3 is 11.1 Å². The minimum Gasteiger partial charge on any atom is -0.397 e. The molecule has 1 aromatic rings. The molecule has 0 aliphatic rings. The van der Waals surface area contributed by atoms with Crippen LogP contribution >= 0.6 is 0 Å². The van der Waals surface area contributed by atoms with Crippen LogP contribution in [0.5, 0.6) is 0 Å². The van der Waals surface area contributed by atoms with Crippen LogP contribution in [-0.4, -0.2) is 5.78 Å². The van der Waals surface area contributed by atoms with Crippen LogP contribution in [0, 0.1) is 6.92 Å². The Morgan fingerprint density at radius 3 is 2.79 bits per heavy atom. The van der Waals surface area contributed by atoms with Gasteiger partial charge in [-0.15, -0.1) is 0 Å². The van der Waals surface area contributed by atoms with Crippen LogP contribution in [0.4, 0.5) is 11.4 Å². The molecule has 0 saturated heterocycles. The van der Waals surface area contributed by atoms with Gasteiger partial charge in [-0.05, 0) is 37.6 Å². The lowest BCUT2D eigenvalue weighted by atomic mass is 10.2. The fourth-order valence-electron chi connectivity index (χ4n) is 1.06.